The quantitative estimate of drug-likeness (QED) is 0.317. The Morgan fingerprint density at radius 2 is 1.94 bits per heavy atom. The monoisotopic (exact) mass is 505 g/mol. The molecule has 2 saturated heterocycles. The molecule has 5 rings (SSSR count). The van der Waals surface area contributed by atoms with Crippen LogP contribution in [0.2, 0.25) is 0 Å². The van der Waals surface area contributed by atoms with Gasteiger partial charge in [0.25, 0.3) is 11.1 Å². The summed E-state index contributed by atoms with van der Waals surface area (Å²) in [7, 11) is 0. The molecule has 35 heavy (non-hydrogen) atoms. The summed E-state index contributed by atoms with van der Waals surface area (Å²) in [6, 6.07) is 12.3. The van der Waals surface area contributed by atoms with Crippen molar-refractivity contribution in [2.75, 3.05) is 18.0 Å². The minimum atomic E-state index is -0.369. The van der Waals surface area contributed by atoms with Gasteiger partial charge in [0.2, 0.25) is 5.95 Å². The van der Waals surface area contributed by atoms with Crippen LogP contribution in [0.1, 0.15) is 43.5 Å². The van der Waals surface area contributed by atoms with Crippen molar-refractivity contribution in [3.8, 4) is 10.6 Å². The number of aryl methyl sites for hydroxylation is 1. The lowest BCUT2D eigenvalue weighted by Crippen LogP contribution is -2.34. The van der Waals surface area contributed by atoms with E-state index in [1.165, 1.54) is 23.4 Å². The number of nitrogens with zero attached hydrogens (tertiary/aromatic N) is 4. The lowest BCUT2D eigenvalue weighted by atomic mass is 9.91. The van der Waals surface area contributed by atoms with Gasteiger partial charge >= 0.3 is 0 Å². The summed E-state index contributed by atoms with van der Waals surface area (Å²) in [4.78, 5) is 40.8. The predicted octanol–water partition coefficient (Wildman–Crippen LogP) is 5.55. The minimum absolute atomic E-state index is 0.347. The van der Waals surface area contributed by atoms with E-state index in [2.05, 4.69) is 55.9 Å². The summed E-state index contributed by atoms with van der Waals surface area (Å²) >= 11 is 2.63. The molecule has 7 nitrogen and oxygen atoms in total. The largest absolute Gasteiger partial charge is 0.341 e. The Kier molecular flexibility index (Phi) is 7.54. The number of rotatable bonds is 8. The van der Waals surface area contributed by atoms with E-state index >= 15 is 0 Å². The standard InChI is InChI=1S/C26H27N5O2S2/c32-24-23(35-26(33)30-24)17-20-10-13-27-25(29-20)31-14-11-18(12-15-31)5-1-2-6-19-7-3-8-21(28-19)22-9-4-16-34-22/h3-4,7-10,13,16-18H,1-2,5-6,11-12,14-15H2,(H,30,32,33)/b23-17-. The van der Waals surface area contributed by atoms with Gasteiger partial charge in [-0.25, -0.2) is 9.97 Å². The number of imide groups is 1. The maximum absolute atomic E-state index is 11.8. The van der Waals surface area contributed by atoms with Crippen molar-refractivity contribution in [3.63, 3.8) is 0 Å². The van der Waals surface area contributed by atoms with Crippen molar-refractivity contribution in [1.82, 2.24) is 20.3 Å². The number of hydrogen-bond acceptors (Lipinski definition) is 8. The molecule has 2 aliphatic rings. The smallest absolute Gasteiger partial charge is 0.290 e. The molecule has 3 aromatic heterocycles. The predicted molar refractivity (Wildman–Crippen MR) is 141 cm³/mol. The molecule has 0 aromatic carbocycles. The van der Waals surface area contributed by atoms with E-state index in [0.717, 1.165) is 62.1 Å². The normalized spacial score (nSPS) is 17.8. The Hall–Kier alpha value is -3.04. The highest BCUT2D eigenvalue weighted by Crippen LogP contribution is 2.28. The second-order valence-electron chi connectivity index (χ2n) is 8.80. The average Bonchev–Trinajstić information content (AvgIpc) is 3.52. The zero-order valence-electron chi connectivity index (χ0n) is 19.4. The van der Waals surface area contributed by atoms with Crippen molar-refractivity contribution >= 4 is 46.3 Å². The molecule has 9 heteroatoms. The molecule has 0 atom stereocenters. The third-order valence-electron chi connectivity index (χ3n) is 6.36. The molecule has 2 fully saturated rings. The molecule has 0 aliphatic carbocycles. The Balaban J connectivity index is 1.07. The fourth-order valence-corrected chi connectivity index (χ4v) is 5.85. The van der Waals surface area contributed by atoms with Crippen molar-refractivity contribution < 1.29 is 9.59 Å². The van der Waals surface area contributed by atoms with Crippen LogP contribution < -0.4 is 10.2 Å². The van der Waals surface area contributed by atoms with Gasteiger partial charge in [0, 0.05) is 25.0 Å². The fourth-order valence-electron chi connectivity index (χ4n) is 4.49. The maximum atomic E-state index is 11.8. The second kappa shape index (κ2) is 11.1. The van der Waals surface area contributed by atoms with E-state index in [1.807, 2.05) is 0 Å². The molecule has 0 saturated carbocycles. The van der Waals surface area contributed by atoms with Gasteiger partial charge in [0.1, 0.15) is 0 Å². The zero-order valence-corrected chi connectivity index (χ0v) is 21.0. The number of unbranched alkanes of at least 4 members (excludes halogenated alkanes) is 1. The molecule has 2 aliphatic heterocycles. The topological polar surface area (TPSA) is 88.1 Å². The lowest BCUT2D eigenvalue weighted by Gasteiger charge is -2.32. The Morgan fingerprint density at radius 1 is 1.06 bits per heavy atom. The van der Waals surface area contributed by atoms with Crippen molar-refractivity contribution in [2.45, 2.75) is 38.5 Å². The number of pyridine rings is 1. The average molecular weight is 506 g/mol. The lowest BCUT2D eigenvalue weighted by molar-refractivity contribution is -0.115. The molecular formula is C26H27N5O2S2. The molecule has 2 amide bonds. The SMILES string of the molecule is O=C1NC(=O)/C(=C/c2ccnc(N3CCC(CCCCc4cccc(-c5cccs5)n4)CC3)n2)S1. The summed E-state index contributed by atoms with van der Waals surface area (Å²) in [5.74, 6) is 1.04. The number of carbonyl (C=O) groups is 2. The van der Waals surface area contributed by atoms with Crippen LogP contribution in [0, 0.1) is 5.92 Å². The third kappa shape index (κ3) is 6.15. The van der Waals surface area contributed by atoms with Crippen LogP contribution in [0.3, 0.4) is 0 Å². The Bertz CT molecular complexity index is 1220. The minimum Gasteiger partial charge on any atom is -0.341 e. The van der Waals surface area contributed by atoms with E-state index in [-0.39, 0.29) is 11.1 Å². The molecule has 1 N–H and O–H groups in total. The summed E-state index contributed by atoms with van der Waals surface area (Å²) < 4.78 is 0. The first-order valence-electron chi connectivity index (χ1n) is 12.0. The molecule has 3 aromatic rings. The number of amides is 2. The van der Waals surface area contributed by atoms with Gasteiger partial charge in [0.05, 0.1) is 21.2 Å². The van der Waals surface area contributed by atoms with Crippen molar-refractivity contribution in [3.05, 3.63) is 64.3 Å². The summed E-state index contributed by atoms with van der Waals surface area (Å²) in [6.45, 7) is 1.87. The highest BCUT2D eigenvalue weighted by atomic mass is 32.2. The Morgan fingerprint density at radius 3 is 2.71 bits per heavy atom. The third-order valence-corrected chi connectivity index (χ3v) is 8.06. The number of hydrogen-bond donors (Lipinski definition) is 1. The number of nitrogens with one attached hydrogen (secondary N) is 1. The van der Waals surface area contributed by atoms with Crippen LogP contribution in [-0.4, -0.2) is 39.2 Å². The van der Waals surface area contributed by atoms with E-state index in [4.69, 9.17) is 4.98 Å². The van der Waals surface area contributed by atoms with Gasteiger partial charge in [-0.15, -0.1) is 11.3 Å². The number of piperidine rings is 1. The van der Waals surface area contributed by atoms with Gasteiger partial charge in [-0.3, -0.25) is 19.9 Å². The molecular weight excluding hydrogens is 478 g/mol. The summed E-state index contributed by atoms with van der Waals surface area (Å²) in [6.07, 6.45) is 10.3. The first kappa shape index (κ1) is 23.7. The van der Waals surface area contributed by atoms with Crippen molar-refractivity contribution in [2.24, 2.45) is 5.92 Å². The fraction of sp³-hybridized carbons (Fsp3) is 0.346. The van der Waals surface area contributed by atoms with Gasteiger partial charge in [-0.05, 0) is 79.1 Å². The number of aromatic nitrogens is 3. The molecule has 0 unspecified atom stereocenters. The number of thiophene rings is 1. The number of thioether (sulfide) groups is 1. The van der Waals surface area contributed by atoms with Gasteiger partial charge in [0.15, 0.2) is 0 Å². The van der Waals surface area contributed by atoms with Crippen molar-refractivity contribution in [1.29, 1.82) is 0 Å². The van der Waals surface area contributed by atoms with E-state index < -0.39 is 0 Å². The zero-order chi connectivity index (χ0) is 24.0. The Labute approximate surface area is 213 Å². The van der Waals surface area contributed by atoms with Crippen LogP contribution in [-0.2, 0) is 11.2 Å². The van der Waals surface area contributed by atoms with Gasteiger partial charge in [-0.2, -0.15) is 0 Å². The highest BCUT2D eigenvalue weighted by molar-refractivity contribution is 8.18. The summed E-state index contributed by atoms with van der Waals surface area (Å²) in [5.41, 5.74) is 2.89. The molecule has 0 spiro atoms. The molecule has 0 bridgehead atoms. The highest BCUT2D eigenvalue weighted by Gasteiger charge is 2.25. The van der Waals surface area contributed by atoms with Gasteiger partial charge in [-0.1, -0.05) is 25.0 Å². The van der Waals surface area contributed by atoms with Crippen LogP contribution >= 0.6 is 23.1 Å². The summed E-state index contributed by atoms with van der Waals surface area (Å²) in [5, 5.41) is 4.01. The molecule has 0 radical (unpaired) electrons. The van der Waals surface area contributed by atoms with E-state index in [0.29, 0.717) is 16.5 Å². The van der Waals surface area contributed by atoms with Crippen LogP contribution in [0.25, 0.3) is 16.6 Å². The van der Waals surface area contributed by atoms with Crippen LogP contribution in [0.5, 0.6) is 0 Å². The first-order chi connectivity index (χ1) is 17.1. The number of anilines is 1. The van der Waals surface area contributed by atoms with E-state index in [9.17, 15) is 9.59 Å². The number of carbonyl (C=O) groups excluding carboxylic acids is 2. The second-order valence-corrected chi connectivity index (χ2v) is 10.8. The van der Waals surface area contributed by atoms with Crippen LogP contribution in [0.4, 0.5) is 10.7 Å². The van der Waals surface area contributed by atoms with Gasteiger partial charge < -0.3 is 4.90 Å². The van der Waals surface area contributed by atoms with Crippen LogP contribution in [0.15, 0.2) is 52.9 Å². The molecule has 180 valence electrons. The maximum Gasteiger partial charge on any atom is 0.290 e. The first-order valence-corrected chi connectivity index (χ1v) is 13.7. The molecule has 5 heterocycles. The van der Waals surface area contributed by atoms with E-state index in [1.54, 1.807) is 29.7 Å².